The highest BCUT2D eigenvalue weighted by molar-refractivity contribution is 5.04. The summed E-state index contributed by atoms with van der Waals surface area (Å²) in [5, 5.41) is 0. The standard InChI is InChI=1S/C7H9NO/c1-5-4-6(5)7-8-2-3-9-7/h2-3,5-6H,4H2,1H3/t5-,6+/m0/s1. The zero-order valence-corrected chi connectivity index (χ0v) is 5.37. The Morgan fingerprint density at radius 1 is 1.78 bits per heavy atom. The van der Waals surface area contributed by atoms with Crippen LogP contribution in [0.1, 0.15) is 25.2 Å². The summed E-state index contributed by atoms with van der Waals surface area (Å²) in [7, 11) is 0. The first-order valence-corrected chi connectivity index (χ1v) is 3.27. The Kier molecular flexibility index (Phi) is 0.891. The summed E-state index contributed by atoms with van der Waals surface area (Å²) in [5.41, 5.74) is 0. The van der Waals surface area contributed by atoms with Crippen molar-refractivity contribution in [1.82, 2.24) is 4.98 Å². The van der Waals surface area contributed by atoms with E-state index in [2.05, 4.69) is 11.9 Å². The van der Waals surface area contributed by atoms with E-state index in [1.807, 2.05) is 0 Å². The lowest BCUT2D eigenvalue weighted by molar-refractivity contribution is 0.491. The SMILES string of the molecule is C[C@H]1C[C@H]1c1ncco1. The Bertz CT molecular complexity index is 193. The van der Waals surface area contributed by atoms with E-state index in [0.717, 1.165) is 11.8 Å². The third-order valence-corrected chi connectivity index (χ3v) is 1.88. The van der Waals surface area contributed by atoms with Gasteiger partial charge in [-0.3, -0.25) is 0 Å². The topological polar surface area (TPSA) is 26.0 Å². The molecule has 0 saturated heterocycles. The summed E-state index contributed by atoms with van der Waals surface area (Å²) >= 11 is 0. The van der Waals surface area contributed by atoms with Crippen LogP contribution in [0.25, 0.3) is 0 Å². The van der Waals surface area contributed by atoms with E-state index in [9.17, 15) is 0 Å². The molecule has 0 amide bonds. The van der Waals surface area contributed by atoms with Crippen molar-refractivity contribution in [3.8, 4) is 0 Å². The van der Waals surface area contributed by atoms with Gasteiger partial charge in [-0.1, -0.05) is 6.92 Å². The molecule has 0 radical (unpaired) electrons. The van der Waals surface area contributed by atoms with Crippen molar-refractivity contribution in [1.29, 1.82) is 0 Å². The van der Waals surface area contributed by atoms with Crippen LogP contribution in [0.15, 0.2) is 16.9 Å². The van der Waals surface area contributed by atoms with E-state index in [0.29, 0.717) is 5.92 Å². The quantitative estimate of drug-likeness (QED) is 0.569. The molecule has 2 nitrogen and oxygen atoms in total. The number of hydrogen-bond acceptors (Lipinski definition) is 2. The number of aromatic nitrogens is 1. The van der Waals surface area contributed by atoms with Crippen molar-refractivity contribution in [2.75, 3.05) is 0 Å². The lowest BCUT2D eigenvalue weighted by Gasteiger charge is -1.84. The van der Waals surface area contributed by atoms with Gasteiger partial charge in [0.15, 0.2) is 5.89 Å². The molecule has 1 aliphatic rings. The largest absolute Gasteiger partial charge is 0.449 e. The van der Waals surface area contributed by atoms with Crippen LogP contribution in [-0.4, -0.2) is 4.98 Å². The van der Waals surface area contributed by atoms with Gasteiger partial charge in [0.25, 0.3) is 0 Å². The van der Waals surface area contributed by atoms with Crippen LogP contribution in [0.2, 0.25) is 0 Å². The molecule has 2 rings (SSSR count). The van der Waals surface area contributed by atoms with Crippen molar-refractivity contribution in [3.63, 3.8) is 0 Å². The van der Waals surface area contributed by atoms with E-state index in [1.165, 1.54) is 6.42 Å². The number of hydrogen-bond donors (Lipinski definition) is 0. The lowest BCUT2D eigenvalue weighted by atomic mass is 10.3. The molecule has 0 aliphatic heterocycles. The Labute approximate surface area is 53.9 Å². The second-order valence-electron chi connectivity index (χ2n) is 2.69. The molecule has 2 heteroatoms. The zero-order valence-electron chi connectivity index (χ0n) is 5.37. The van der Waals surface area contributed by atoms with Crippen molar-refractivity contribution in [3.05, 3.63) is 18.4 Å². The normalized spacial score (nSPS) is 32.6. The van der Waals surface area contributed by atoms with Gasteiger partial charge in [-0.25, -0.2) is 4.98 Å². The van der Waals surface area contributed by atoms with Gasteiger partial charge >= 0.3 is 0 Å². The molecule has 1 fully saturated rings. The predicted octanol–water partition coefficient (Wildman–Crippen LogP) is 1.80. The summed E-state index contributed by atoms with van der Waals surface area (Å²) in [6.45, 7) is 2.22. The van der Waals surface area contributed by atoms with E-state index >= 15 is 0 Å². The summed E-state index contributed by atoms with van der Waals surface area (Å²) in [6.07, 6.45) is 4.60. The average Bonchev–Trinajstić information content (AvgIpc) is 2.44. The maximum absolute atomic E-state index is 5.12. The van der Waals surface area contributed by atoms with Gasteiger partial charge in [0.2, 0.25) is 0 Å². The molecule has 0 unspecified atom stereocenters. The van der Waals surface area contributed by atoms with Gasteiger partial charge in [0.05, 0.1) is 6.20 Å². The first kappa shape index (κ1) is 5.03. The minimum absolute atomic E-state index is 0.625. The van der Waals surface area contributed by atoms with Crippen molar-refractivity contribution in [2.45, 2.75) is 19.3 Å². The monoisotopic (exact) mass is 123 g/mol. The van der Waals surface area contributed by atoms with Crippen molar-refractivity contribution >= 4 is 0 Å². The Balaban J connectivity index is 2.18. The molecule has 48 valence electrons. The summed E-state index contributed by atoms with van der Waals surface area (Å²) < 4.78 is 5.12. The first-order valence-electron chi connectivity index (χ1n) is 3.27. The van der Waals surface area contributed by atoms with E-state index < -0.39 is 0 Å². The Morgan fingerprint density at radius 3 is 3.00 bits per heavy atom. The molecule has 0 aromatic carbocycles. The molecular weight excluding hydrogens is 114 g/mol. The molecule has 9 heavy (non-hydrogen) atoms. The second-order valence-corrected chi connectivity index (χ2v) is 2.69. The van der Waals surface area contributed by atoms with Crippen LogP contribution < -0.4 is 0 Å². The number of nitrogens with zero attached hydrogens (tertiary/aromatic N) is 1. The molecule has 1 saturated carbocycles. The lowest BCUT2D eigenvalue weighted by Crippen LogP contribution is -1.77. The van der Waals surface area contributed by atoms with Crippen LogP contribution >= 0.6 is 0 Å². The van der Waals surface area contributed by atoms with Gasteiger partial charge in [0, 0.05) is 5.92 Å². The molecule has 1 aliphatic carbocycles. The maximum Gasteiger partial charge on any atom is 0.197 e. The fraction of sp³-hybridized carbons (Fsp3) is 0.571. The van der Waals surface area contributed by atoms with Crippen molar-refractivity contribution < 1.29 is 4.42 Å². The molecule has 1 heterocycles. The zero-order chi connectivity index (χ0) is 6.27. The highest BCUT2D eigenvalue weighted by Gasteiger charge is 2.37. The van der Waals surface area contributed by atoms with Crippen molar-refractivity contribution in [2.24, 2.45) is 5.92 Å². The average molecular weight is 123 g/mol. The predicted molar refractivity (Wildman–Crippen MR) is 33.0 cm³/mol. The second kappa shape index (κ2) is 1.59. The van der Waals surface area contributed by atoms with Crippen LogP contribution in [0, 0.1) is 5.92 Å². The minimum Gasteiger partial charge on any atom is -0.449 e. The summed E-state index contributed by atoms with van der Waals surface area (Å²) in [5.74, 6) is 2.34. The van der Waals surface area contributed by atoms with Crippen LogP contribution in [0.3, 0.4) is 0 Å². The molecular formula is C7H9NO. The molecule has 1 aromatic heterocycles. The van der Waals surface area contributed by atoms with Gasteiger partial charge in [-0.2, -0.15) is 0 Å². The van der Waals surface area contributed by atoms with Gasteiger partial charge < -0.3 is 4.42 Å². The summed E-state index contributed by atoms with van der Waals surface area (Å²) in [4.78, 5) is 4.06. The molecule has 1 aromatic rings. The number of rotatable bonds is 1. The third-order valence-electron chi connectivity index (χ3n) is 1.88. The van der Waals surface area contributed by atoms with Gasteiger partial charge in [-0.05, 0) is 12.3 Å². The molecule has 2 atom stereocenters. The smallest absolute Gasteiger partial charge is 0.197 e. The van der Waals surface area contributed by atoms with Gasteiger partial charge in [0.1, 0.15) is 6.26 Å². The highest BCUT2D eigenvalue weighted by Crippen LogP contribution is 2.45. The first-order chi connectivity index (χ1) is 4.38. The fourth-order valence-electron chi connectivity index (χ4n) is 1.08. The Morgan fingerprint density at radius 2 is 2.56 bits per heavy atom. The molecule has 0 N–H and O–H groups in total. The third kappa shape index (κ3) is 0.745. The Hall–Kier alpha value is -0.790. The fourth-order valence-corrected chi connectivity index (χ4v) is 1.08. The van der Waals surface area contributed by atoms with E-state index in [1.54, 1.807) is 12.5 Å². The highest BCUT2D eigenvalue weighted by atomic mass is 16.3. The van der Waals surface area contributed by atoms with Gasteiger partial charge in [-0.15, -0.1) is 0 Å². The van der Waals surface area contributed by atoms with Crippen LogP contribution in [0.4, 0.5) is 0 Å². The maximum atomic E-state index is 5.12. The molecule has 0 spiro atoms. The van der Waals surface area contributed by atoms with Crippen LogP contribution in [0.5, 0.6) is 0 Å². The summed E-state index contributed by atoms with van der Waals surface area (Å²) in [6, 6.07) is 0. The van der Waals surface area contributed by atoms with Crippen LogP contribution in [-0.2, 0) is 0 Å². The van der Waals surface area contributed by atoms with E-state index in [-0.39, 0.29) is 0 Å². The molecule has 0 bridgehead atoms. The van der Waals surface area contributed by atoms with E-state index in [4.69, 9.17) is 4.42 Å². The minimum atomic E-state index is 0.625. The number of oxazole rings is 1.